The molecule has 0 aliphatic heterocycles. The number of aromatic nitrogens is 2. The van der Waals surface area contributed by atoms with Gasteiger partial charge in [-0.1, -0.05) is 0 Å². The van der Waals surface area contributed by atoms with Gasteiger partial charge in [-0.25, -0.2) is 9.78 Å². The molecule has 24 heavy (non-hydrogen) atoms. The summed E-state index contributed by atoms with van der Waals surface area (Å²) in [6, 6.07) is 2.34. The molecule has 4 nitrogen and oxygen atoms in total. The Balaban J connectivity index is 2.65. The fourth-order valence-electron chi connectivity index (χ4n) is 1.90. The number of esters is 1. The van der Waals surface area contributed by atoms with E-state index in [0.717, 1.165) is 19.2 Å². The summed E-state index contributed by atoms with van der Waals surface area (Å²) in [5.41, 5.74) is -3.66. The van der Waals surface area contributed by atoms with Crippen molar-refractivity contribution < 1.29 is 35.9 Å². The molecule has 2 aromatic rings. The van der Waals surface area contributed by atoms with E-state index >= 15 is 0 Å². The van der Waals surface area contributed by atoms with Crippen molar-refractivity contribution in [2.24, 2.45) is 0 Å². The van der Waals surface area contributed by atoms with Gasteiger partial charge < -0.3 is 9.72 Å². The van der Waals surface area contributed by atoms with Gasteiger partial charge in [0.05, 0.1) is 18.2 Å². The van der Waals surface area contributed by atoms with Crippen LogP contribution in [0.3, 0.4) is 0 Å². The number of nitrogens with one attached hydrogen (secondary N) is 1. The minimum atomic E-state index is -4.92. The van der Waals surface area contributed by atoms with Gasteiger partial charge in [-0.05, 0) is 34.1 Å². The van der Waals surface area contributed by atoms with Crippen LogP contribution in [-0.2, 0) is 17.1 Å². The van der Waals surface area contributed by atoms with Crippen LogP contribution in [0.15, 0.2) is 22.8 Å². The molecule has 0 fully saturated rings. The lowest BCUT2D eigenvalue weighted by molar-refractivity contribution is -0.141. The average Bonchev–Trinajstić information content (AvgIpc) is 2.87. The molecule has 130 valence electrons. The van der Waals surface area contributed by atoms with Crippen LogP contribution in [0.4, 0.5) is 26.3 Å². The van der Waals surface area contributed by atoms with E-state index in [2.05, 4.69) is 25.7 Å². The Kier molecular flexibility index (Phi) is 4.66. The standard InChI is InChI=1S/C13H7BrF6N2O2/c1-24-11(23)5-2-3-6(7(4-5)12(15,16)17)10-21-8(9(14)22-10)13(18,19)20/h2-4H,1H3,(H,21,22). The number of carbonyl (C=O) groups is 1. The molecular weight excluding hydrogens is 410 g/mol. The van der Waals surface area contributed by atoms with E-state index in [-0.39, 0.29) is 0 Å². The van der Waals surface area contributed by atoms with Gasteiger partial charge in [-0.2, -0.15) is 26.3 Å². The van der Waals surface area contributed by atoms with E-state index in [1.807, 2.05) is 4.98 Å². The fraction of sp³-hybridized carbons (Fsp3) is 0.231. The monoisotopic (exact) mass is 416 g/mol. The van der Waals surface area contributed by atoms with Crippen molar-refractivity contribution in [3.05, 3.63) is 39.6 Å². The molecule has 11 heteroatoms. The van der Waals surface area contributed by atoms with Gasteiger partial charge in [0.25, 0.3) is 0 Å². The first-order chi connectivity index (χ1) is 10.9. The normalized spacial score (nSPS) is 12.3. The van der Waals surface area contributed by atoms with Crippen LogP contribution in [-0.4, -0.2) is 23.0 Å². The van der Waals surface area contributed by atoms with E-state index in [1.165, 1.54) is 0 Å². The van der Waals surface area contributed by atoms with Crippen molar-refractivity contribution in [1.29, 1.82) is 0 Å². The number of carbonyl (C=O) groups excluding carboxylic acids is 1. The summed E-state index contributed by atoms with van der Waals surface area (Å²) < 4.78 is 81.5. The maximum atomic E-state index is 13.2. The quantitative estimate of drug-likeness (QED) is 0.571. The van der Waals surface area contributed by atoms with Gasteiger partial charge in [0, 0.05) is 5.56 Å². The van der Waals surface area contributed by atoms with Crippen LogP contribution in [0.25, 0.3) is 11.4 Å². The lowest BCUT2D eigenvalue weighted by Crippen LogP contribution is -2.11. The lowest BCUT2D eigenvalue weighted by atomic mass is 10.0. The molecule has 1 N–H and O–H groups in total. The average molecular weight is 417 g/mol. The molecule has 1 aromatic heterocycles. The van der Waals surface area contributed by atoms with E-state index in [9.17, 15) is 31.1 Å². The van der Waals surface area contributed by atoms with Crippen molar-refractivity contribution >= 4 is 21.9 Å². The molecule has 0 unspecified atom stereocenters. The van der Waals surface area contributed by atoms with Crippen molar-refractivity contribution in [3.63, 3.8) is 0 Å². The molecule has 2 rings (SSSR count). The lowest BCUT2D eigenvalue weighted by Gasteiger charge is -2.12. The molecule has 0 saturated heterocycles. The number of H-pyrrole nitrogens is 1. The number of halogens is 7. The maximum absolute atomic E-state index is 13.2. The Morgan fingerprint density at radius 2 is 1.79 bits per heavy atom. The summed E-state index contributed by atoms with van der Waals surface area (Å²) in [6.45, 7) is 0. The number of alkyl halides is 6. The number of benzene rings is 1. The molecule has 0 saturated carbocycles. The van der Waals surface area contributed by atoms with Crippen LogP contribution in [0.5, 0.6) is 0 Å². The van der Waals surface area contributed by atoms with E-state index in [1.54, 1.807) is 0 Å². The largest absolute Gasteiger partial charge is 0.465 e. The highest BCUT2D eigenvalue weighted by Gasteiger charge is 2.39. The number of hydrogen-bond acceptors (Lipinski definition) is 3. The molecule has 1 aromatic carbocycles. The Morgan fingerprint density at radius 1 is 1.17 bits per heavy atom. The Hall–Kier alpha value is -2.04. The van der Waals surface area contributed by atoms with Crippen LogP contribution in [0.2, 0.25) is 0 Å². The second kappa shape index (κ2) is 6.11. The number of ether oxygens (including phenoxy) is 1. The molecule has 0 aliphatic carbocycles. The summed E-state index contributed by atoms with van der Waals surface area (Å²) >= 11 is 2.56. The molecule has 0 spiro atoms. The highest BCUT2D eigenvalue weighted by Crippen LogP contribution is 2.40. The van der Waals surface area contributed by atoms with Gasteiger partial charge in [0.15, 0.2) is 5.69 Å². The van der Waals surface area contributed by atoms with Crippen molar-refractivity contribution in [2.45, 2.75) is 12.4 Å². The number of nitrogens with zero attached hydrogens (tertiary/aromatic N) is 1. The fourth-order valence-corrected chi connectivity index (χ4v) is 2.40. The van der Waals surface area contributed by atoms with E-state index < -0.39 is 51.1 Å². The second-order valence-corrected chi connectivity index (χ2v) is 5.25. The highest BCUT2D eigenvalue weighted by atomic mass is 79.9. The SMILES string of the molecule is COC(=O)c1ccc(-c2nc(Br)c(C(F)(F)F)[nH]2)c(C(F)(F)F)c1. The Morgan fingerprint density at radius 3 is 2.25 bits per heavy atom. The summed E-state index contributed by atoms with van der Waals surface area (Å²) in [5, 5.41) is 0. The molecule has 0 radical (unpaired) electrons. The van der Waals surface area contributed by atoms with Crippen molar-refractivity contribution in [1.82, 2.24) is 9.97 Å². The molecular formula is C13H7BrF6N2O2. The smallest absolute Gasteiger partial charge is 0.433 e. The molecule has 0 bridgehead atoms. The number of rotatable bonds is 2. The van der Waals surface area contributed by atoms with E-state index in [0.29, 0.717) is 6.07 Å². The third-order valence-corrected chi connectivity index (χ3v) is 3.52. The Bertz CT molecular complexity index is 782. The minimum Gasteiger partial charge on any atom is -0.465 e. The van der Waals surface area contributed by atoms with Crippen molar-refractivity contribution in [3.8, 4) is 11.4 Å². The highest BCUT2D eigenvalue weighted by molar-refractivity contribution is 9.10. The zero-order chi connectivity index (χ0) is 18.3. The molecule has 0 aliphatic rings. The summed E-state index contributed by atoms with van der Waals surface area (Å²) in [5.74, 6) is -1.65. The number of imidazole rings is 1. The first-order valence-corrected chi connectivity index (χ1v) is 6.87. The molecule has 1 heterocycles. The minimum absolute atomic E-state index is 0.393. The predicted octanol–water partition coefficient (Wildman–Crippen LogP) is 4.66. The van der Waals surface area contributed by atoms with Gasteiger partial charge in [0.1, 0.15) is 10.4 Å². The number of methoxy groups -OCH3 is 1. The second-order valence-electron chi connectivity index (χ2n) is 4.50. The van der Waals surface area contributed by atoms with Gasteiger partial charge in [-0.15, -0.1) is 0 Å². The summed E-state index contributed by atoms with van der Waals surface area (Å²) in [4.78, 5) is 16.6. The zero-order valence-corrected chi connectivity index (χ0v) is 13.2. The summed E-state index contributed by atoms with van der Waals surface area (Å²) in [7, 11) is 0.989. The first kappa shape index (κ1) is 18.3. The maximum Gasteiger partial charge on any atom is 0.433 e. The van der Waals surface area contributed by atoms with Crippen molar-refractivity contribution in [2.75, 3.05) is 7.11 Å². The van der Waals surface area contributed by atoms with Gasteiger partial charge in [0.2, 0.25) is 0 Å². The van der Waals surface area contributed by atoms with Crippen LogP contribution in [0.1, 0.15) is 21.6 Å². The molecule has 0 atom stereocenters. The Labute approximate surface area is 139 Å². The third-order valence-electron chi connectivity index (χ3n) is 2.94. The topological polar surface area (TPSA) is 55.0 Å². The summed E-state index contributed by atoms with van der Waals surface area (Å²) in [6.07, 6.45) is -9.74. The van der Waals surface area contributed by atoms with Crippen LogP contribution in [0, 0.1) is 0 Å². The van der Waals surface area contributed by atoms with Crippen LogP contribution < -0.4 is 0 Å². The van der Waals surface area contributed by atoms with Gasteiger partial charge in [-0.3, -0.25) is 0 Å². The molecule has 0 amide bonds. The predicted molar refractivity (Wildman–Crippen MR) is 73.1 cm³/mol. The van der Waals surface area contributed by atoms with Crippen LogP contribution >= 0.6 is 15.9 Å². The third kappa shape index (κ3) is 3.55. The van der Waals surface area contributed by atoms with E-state index in [4.69, 9.17) is 0 Å². The number of hydrogen-bond donors (Lipinski definition) is 1. The zero-order valence-electron chi connectivity index (χ0n) is 11.6. The number of aromatic amines is 1. The first-order valence-electron chi connectivity index (χ1n) is 6.07. The van der Waals surface area contributed by atoms with Gasteiger partial charge >= 0.3 is 18.3 Å².